The summed E-state index contributed by atoms with van der Waals surface area (Å²) in [4.78, 5) is 31.0. The summed E-state index contributed by atoms with van der Waals surface area (Å²) in [5.74, 6) is -0.178. The van der Waals surface area contributed by atoms with Crippen LogP contribution in [-0.4, -0.2) is 77.3 Å². The fraction of sp³-hybridized carbons (Fsp3) is 0.500. The van der Waals surface area contributed by atoms with Gasteiger partial charge in [0.2, 0.25) is 5.91 Å². The lowest BCUT2D eigenvalue weighted by atomic mass is 10.0. The summed E-state index contributed by atoms with van der Waals surface area (Å²) in [5.41, 5.74) is 4.25. The second-order valence-corrected chi connectivity index (χ2v) is 7.66. The van der Waals surface area contributed by atoms with Crippen LogP contribution in [0.15, 0.2) is 36.7 Å². The summed E-state index contributed by atoms with van der Waals surface area (Å²) >= 11 is 0. The van der Waals surface area contributed by atoms with Gasteiger partial charge >= 0.3 is 0 Å². The van der Waals surface area contributed by atoms with Crippen molar-refractivity contribution in [3.63, 3.8) is 0 Å². The first-order valence-corrected chi connectivity index (χ1v) is 9.76. The number of carbonyl (C=O) groups excluding carboxylic acids is 2. The van der Waals surface area contributed by atoms with Crippen LogP contribution < -0.4 is 5.43 Å². The number of likely N-dealkylation sites (N-methyl/N-ethyl adjacent to an activating group) is 1. The van der Waals surface area contributed by atoms with Gasteiger partial charge in [-0.15, -0.1) is 0 Å². The Balaban J connectivity index is 1.32. The minimum absolute atomic E-state index is 0.00853. The molecule has 150 valence electrons. The van der Waals surface area contributed by atoms with Gasteiger partial charge in [-0.05, 0) is 31.2 Å². The van der Waals surface area contributed by atoms with Crippen LogP contribution in [0.5, 0.6) is 0 Å². The molecule has 0 aliphatic carbocycles. The molecule has 0 bridgehead atoms. The molecule has 4 rings (SSSR count). The Morgan fingerprint density at radius 2 is 1.86 bits per heavy atom. The van der Waals surface area contributed by atoms with Gasteiger partial charge in [-0.1, -0.05) is 12.1 Å². The number of hydrogen-bond donors (Lipinski definition) is 1. The van der Waals surface area contributed by atoms with Crippen molar-refractivity contribution < 1.29 is 14.0 Å². The van der Waals surface area contributed by atoms with Gasteiger partial charge in [0.1, 0.15) is 11.9 Å². The maximum Gasteiger partial charge on any atom is 0.250 e. The number of fused-ring (bicyclic) bond motifs is 1. The van der Waals surface area contributed by atoms with Gasteiger partial charge in [0.15, 0.2) is 0 Å². The maximum atomic E-state index is 13.2. The predicted octanol–water partition coefficient (Wildman–Crippen LogP) is 0.923. The second-order valence-electron chi connectivity index (χ2n) is 7.66. The Kier molecular flexibility index (Phi) is 5.32. The number of carbonyl (C=O) groups is 2. The summed E-state index contributed by atoms with van der Waals surface area (Å²) in [6.45, 7) is 3.67. The van der Waals surface area contributed by atoms with E-state index in [9.17, 15) is 14.0 Å². The van der Waals surface area contributed by atoms with Crippen molar-refractivity contribution in [3.05, 3.63) is 48.0 Å². The summed E-state index contributed by atoms with van der Waals surface area (Å²) in [6, 6.07) is 6.01. The van der Waals surface area contributed by atoms with E-state index in [1.165, 1.54) is 12.1 Å². The standard InChI is InChI=1S/C20H26FN5O2/c1-23-8-10-24(11-9-23)19(27)6-7-25-12-13-26-18(20(25)28)14-17(22-26)15-2-4-16(21)5-3-15/h2-5,12-13,17-18,22H,6-11,14H2,1H3. The Hall–Kier alpha value is -2.45. The molecule has 1 N–H and O–H groups in total. The van der Waals surface area contributed by atoms with Crippen LogP contribution >= 0.6 is 0 Å². The number of amides is 2. The molecule has 0 aromatic heterocycles. The van der Waals surface area contributed by atoms with Crippen molar-refractivity contribution in [3.8, 4) is 0 Å². The Morgan fingerprint density at radius 1 is 1.14 bits per heavy atom. The lowest BCUT2D eigenvalue weighted by Gasteiger charge is -2.34. The topological polar surface area (TPSA) is 59.1 Å². The first kappa shape index (κ1) is 18.9. The summed E-state index contributed by atoms with van der Waals surface area (Å²) < 4.78 is 13.2. The van der Waals surface area contributed by atoms with Crippen molar-refractivity contribution >= 4 is 11.8 Å². The molecular weight excluding hydrogens is 361 g/mol. The molecule has 0 saturated carbocycles. The van der Waals surface area contributed by atoms with E-state index in [2.05, 4.69) is 17.4 Å². The van der Waals surface area contributed by atoms with Gasteiger partial charge in [0.05, 0.1) is 6.04 Å². The third-order valence-electron chi connectivity index (χ3n) is 5.77. The normalized spacial score (nSPS) is 25.4. The zero-order valence-electron chi connectivity index (χ0n) is 16.1. The van der Waals surface area contributed by atoms with E-state index < -0.39 is 0 Å². The molecule has 2 unspecified atom stereocenters. The number of rotatable bonds is 4. The fourth-order valence-electron chi connectivity index (χ4n) is 3.96. The molecule has 2 atom stereocenters. The smallest absolute Gasteiger partial charge is 0.250 e. The molecule has 1 aromatic rings. The van der Waals surface area contributed by atoms with Crippen LogP contribution in [-0.2, 0) is 9.59 Å². The summed E-state index contributed by atoms with van der Waals surface area (Å²) in [5, 5.41) is 1.81. The molecule has 28 heavy (non-hydrogen) atoms. The summed E-state index contributed by atoms with van der Waals surface area (Å²) in [7, 11) is 2.06. The van der Waals surface area contributed by atoms with E-state index in [0.29, 0.717) is 19.4 Å². The van der Waals surface area contributed by atoms with E-state index in [-0.39, 0.29) is 29.7 Å². The van der Waals surface area contributed by atoms with E-state index in [1.807, 2.05) is 16.1 Å². The molecule has 1 aromatic carbocycles. The van der Waals surface area contributed by atoms with Gasteiger partial charge in [0, 0.05) is 51.5 Å². The van der Waals surface area contributed by atoms with Crippen molar-refractivity contribution in [1.29, 1.82) is 0 Å². The highest BCUT2D eigenvalue weighted by Gasteiger charge is 2.40. The molecule has 2 amide bonds. The SMILES string of the molecule is CN1CCN(C(=O)CCN2C=CN3NC(c4ccc(F)cc4)CC3C2=O)CC1. The summed E-state index contributed by atoms with van der Waals surface area (Å²) in [6.07, 6.45) is 4.52. The number of nitrogens with one attached hydrogen (secondary N) is 1. The van der Waals surface area contributed by atoms with Crippen molar-refractivity contribution in [1.82, 2.24) is 25.1 Å². The zero-order chi connectivity index (χ0) is 19.7. The molecule has 8 heteroatoms. The number of piperazine rings is 1. The first-order valence-electron chi connectivity index (χ1n) is 9.76. The van der Waals surface area contributed by atoms with Gasteiger partial charge in [-0.3, -0.25) is 9.59 Å². The van der Waals surface area contributed by atoms with E-state index in [4.69, 9.17) is 0 Å². The van der Waals surface area contributed by atoms with Crippen LogP contribution in [0, 0.1) is 5.82 Å². The molecule has 2 fully saturated rings. The highest BCUT2D eigenvalue weighted by Crippen LogP contribution is 2.30. The van der Waals surface area contributed by atoms with E-state index in [1.54, 1.807) is 23.2 Å². The third-order valence-corrected chi connectivity index (χ3v) is 5.77. The number of benzene rings is 1. The van der Waals surface area contributed by atoms with Crippen LogP contribution in [0.25, 0.3) is 0 Å². The Bertz CT molecular complexity index is 760. The molecule has 3 aliphatic heterocycles. The van der Waals surface area contributed by atoms with Crippen LogP contribution in [0.3, 0.4) is 0 Å². The minimum atomic E-state index is -0.307. The number of nitrogens with zero attached hydrogens (tertiary/aromatic N) is 4. The van der Waals surface area contributed by atoms with Crippen molar-refractivity contribution in [2.45, 2.75) is 24.9 Å². The lowest BCUT2D eigenvalue weighted by molar-refractivity contribution is -0.136. The predicted molar refractivity (Wildman–Crippen MR) is 102 cm³/mol. The van der Waals surface area contributed by atoms with E-state index >= 15 is 0 Å². The highest BCUT2D eigenvalue weighted by molar-refractivity contribution is 5.85. The molecular formula is C20H26FN5O2. The maximum absolute atomic E-state index is 13.2. The highest BCUT2D eigenvalue weighted by atomic mass is 19.1. The molecule has 2 saturated heterocycles. The lowest BCUT2D eigenvalue weighted by Crippen LogP contribution is -2.50. The molecule has 7 nitrogen and oxygen atoms in total. The van der Waals surface area contributed by atoms with Gasteiger partial charge in [-0.25, -0.2) is 9.82 Å². The van der Waals surface area contributed by atoms with Crippen LogP contribution in [0.1, 0.15) is 24.4 Å². The Morgan fingerprint density at radius 3 is 2.57 bits per heavy atom. The minimum Gasteiger partial charge on any atom is -0.340 e. The molecule has 0 spiro atoms. The van der Waals surface area contributed by atoms with Crippen molar-refractivity contribution in [2.75, 3.05) is 39.8 Å². The largest absolute Gasteiger partial charge is 0.340 e. The molecule has 3 heterocycles. The monoisotopic (exact) mass is 387 g/mol. The van der Waals surface area contributed by atoms with E-state index in [0.717, 1.165) is 31.7 Å². The number of hydrogen-bond acceptors (Lipinski definition) is 5. The van der Waals surface area contributed by atoms with Crippen LogP contribution in [0.2, 0.25) is 0 Å². The number of halogens is 1. The Labute approximate surface area is 164 Å². The quantitative estimate of drug-likeness (QED) is 0.833. The first-order chi connectivity index (χ1) is 13.5. The fourth-order valence-corrected chi connectivity index (χ4v) is 3.96. The zero-order valence-corrected chi connectivity index (χ0v) is 16.1. The average Bonchev–Trinajstić information content (AvgIpc) is 3.13. The molecule has 3 aliphatic rings. The van der Waals surface area contributed by atoms with Gasteiger partial charge in [-0.2, -0.15) is 0 Å². The third kappa shape index (κ3) is 3.88. The van der Waals surface area contributed by atoms with Gasteiger partial charge < -0.3 is 19.7 Å². The van der Waals surface area contributed by atoms with Crippen molar-refractivity contribution in [2.24, 2.45) is 0 Å². The molecule has 0 radical (unpaired) electrons. The second kappa shape index (κ2) is 7.89. The number of hydrazine groups is 1. The van der Waals surface area contributed by atoms with Crippen LogP contribution in [0.4, 0.5) is 4.39 Å². The average molecular weight is 387 g/mol. The van der Waals surface area contributed by atoms with Gasteiger partial charge in [0.25, 0.3) is 5.91 Å².